The molecule has 0 aliphatic heterocycles. The first kappa shape index (κ1) is 14.1. The number of rotatable bonds is 5. The van der Waals surface area contributed by atoms with Crippen LogP contribution in [0.1, 0.15) is 16.8 Å². The Hall–Kier alpha value is -0.940. The van der Waals surface area contributed by atoms with E-state index in [1.54, 1.807) is 20.0 Å². The van der Waals surface area contributed by atoms with Gasteiger partial charge in [0.25, 0.3) is 0 Å². The molecule has 7 heteroatoms. The Morgan fingerprint density at radius 1 is 1.41 bits per heavy atom. The average molecular weight is 260 g/mol. The van der Waals surface area contributed by atoms with E-state index in [4.69, 9.17) is 9.79 Å². The summed E-state index contributed by atoms with van der Waals surface area (Å²) in [6.45, 7) is 4.14. The zero-order valence-electron chi connectivity index (χ0n) is 9.84. The van der Waals surface area contributed by atoms with Gasteiger partial charge >= 0.3 is 7.60 Å². The first-order chi connectivity index (χ1) is 7.81. The van der Waals surface area contributed by atoms with E-state index in [1.807, 2.05) is 0 Å². The van der Waals surface area contributed by atoms with E-state index in [9.17, 15) is 9.67 Å². The normalized spacial score (nSPS) is 11.8. The molecule has 0 spiro atoms. The first-order valence-corrected chi connectivity index (χ1v) is 7.00. The van der Waals surface area contributed by atoms with Gasteiger partial charge in [-0.1, -0.05) is 0 Å². The fourth-order valence-corrected chi connectivity index (χ4v) is 1.83. The number of aromatic nitrogens is 1. The zero-order valence-corrected chi connectivity index (χ0v) is 10.7. The summed E-state index contributed by atoms with van der Waals surface area (Å²) in [7, 11) is -3.94. The van der Waals surface area contributed by atoms with Gasteiger partial charge in [0, 0.05) is 19.3 Å². The third-order valence-corrected chi connectivity index (χ3v) is 3.30. The molecule has 6 nitrogen and oxygen atoms in total. The second kappa shape index (κ2) is 5.60. The maximum Gasteiger partial charge on any atom is 0.326 e. The van der Waals surface area contributed by atoms with Gasteiger partial charge in [0.1, 0.15) is 5.75 Å². The Morgan fingerprint density at radius 3 is 2.65 bits per heavy atom. The number of hydrogen-bond acceptors (Lipinski definition) is 4. The summed E-state index contributed by atoms with van der Waals surface area (Å²) in [6.07, 6.45) is 1.45. The van der Waals surface area contributed by atoms with E-state index in [2.05, 4.69) is 10.3 Å². The number of nitrogens with one attached hydrogen (secondary N) is 1. The standard InChI is InChI=1S/C10H17N2O4P/c1-7-9(6-12-8(2)10(7)13)5-11-3-4-17(14,15)16/h6,11,13H,3-5H2,1-2H3,(H2,14,15,16). The third kappa shape index (κ3) is 4.44. The molecule has 0 saturated carbocycles. The van der Waals surface area contributed by atoms with E-state index in [-0.39, 0.29) is 18.5 Å². The van der Waals surface area contributed by atoms with Gasteiger partial charge in [-0.3, -0.25) is 9.55 Å². The van der Waals surface area contributed by atoms with Crippen LogP contribution in [0.15, 0.2) is 6.20 Å². The van der Waals surface area contributed by atoms with E-state index in [0.717, 1.165) is 11.1 Å². The van der Waals surface area contributed by atoms with Gasteiger partial charge in [0.2, 0.25) is 0 Å². The van der Waals surface area contributed by atoms with E-state index in [0.29, 0.717) is 12.2 Å². The highest BCUT2D eigenvalue weighted by atomic mass is 31.2. The zero-order chi connectivity index (χ0) is 13.1. The summed E-state index contributed by atoms with van der Waals surface area (Å²) < 4.78 is 10.6. The summed E-state index contributed by atoms with van der Waals surface area (Å²) in [5.74, 6) is 0.166. The van der Waals surface area contributed by atoms with Gasteiger partial charge in [0.15, 0.2) is 0 Å². The Labute approximate surface area is 99.9 Å². The predicted molar refractivity (Wildman–Crippen MR) is 64.0 cm³/mol. The Bertz CT molecular complexity index is 444. The Kier molecular flexibility index (Phi) is 4.65. The number of pyridine rings is 1. The molecule has 0 aromatic carbocycles. The third-order valence-electron chi connectivity index (χ3n) is 2.49. The molecule has 0 atom stereocenters. The average Bonchev–Trinajstić information content (AvgIpc) is 2.22. The van der Waals surface area contributed by atoms with Crippen molar-refractivity contribution in [3.05, 3.63) is 23.0 Å². The minimum absolute atomic E-state index is 0.166. The van der Waals surface area contributed by atoms with Crippen LogP contribution in [0.25, 0.3) is 0 Å². The fraction of sp³-hybridized carbons (Fsp3) is 0.500. The number of aryl methyl sites for hydroxylation is 1. The predicted octanol–water partition coefficient (Wildman–Crippen LogP) is 0.671. The largest absolute Gasteiger partial charge is 0.506 e. The van der Waals surface area contributed by atoms with Crippen molar-refractivity contribution in [3.8, 4) is 5.75 Å². The van der Waals surface area contributed by atoms with Gasteiger partial charge in [0.05, 0.1) is 11.9 Å². The van der Waals surface area contributed by atoms with Crippen molar-refractivity contribution in [3.63, 3.8) is 0 Å². The molecule has 17 heavy (non-hydrogen) atoms. The fourth-order valence-electron chi connectivity index (χ4n) is 1.38. The van der Waals surface area contributed by atoms with Crippen LogP contribution >= 0.6 is 7.60 Å². The van der Waals surface area contributed by atoms with Crippen LogP contribution in [0.4, 0.5) is 0 Å². The van der Waals surface area contributed by atoms with Crippen LogP contribution in [0.5, 0.6) is 5.75 Å². The maximum atomic E-state index is 10.6. The summed E-state index contributed by atoms with van der Waals surface area (Å²) in [5.41, 5.74) is 2.13. The number of aromatic hydroxyl groups is 1. The van der Waals surface area contributed by atoms with Gasteiger partial charge in [-0.15, -0.1) is 0 Å². The molecule has 1 aromatic rings. The maximum absolute atomic E-state index is 10.6. The Balaban J connectivity index is 2.53. The highest BCUT2D eigenvalue weighted by Gasteiger charge is 2.12. The molecule has 0 unspecified atom stereocenters. The van der Waals surface area contributed by atoms with E-state index in [1.165, 1.54) is 0 Å². The molecule has 0 fully saturated rings. The van der Waals surface area contributed by atoms with Crippen LogP contribution < -0.4 is 5.32 Å². The molecule has 4 N–H and O–H groups in total. The molecule has 0 amide bonds. The van der Waals surface area contributed by atoms with Crippen molar-refractivity contribution in [2.24, 2.45) is 0 Å². The van der Waals surface area contributed by atoms with Crippen LogP contribution in [-0.2, 0) is 11.1 Å². The SMILES string of the molecule is Cc1ncc(CNCCP(=O)(O)O)c(C)c1O. The van der Waals surface area contributed by atoms with Gasteiger partial charge in [-0.25, -0.2) is 0 Å². The number of nitrogens with zero attached hydrogens (tertiary/aromatic N) is 1. The monoisotopic (exact) mass is 260 g/mol. The first-order valence-electron chi connectivity index (χ1n) is 5.20. The van der Waals surface area contributed by atoms with Crippen molar-refractivity contribution >= 4 is 7.60 Å². The Morgan fingerprint density at radius 2 is 2.06 bits per heavy atom. The number of hydrogen-bond donors (Lipinski definition) is 4. The van der Waals surface area contributed by atoms with Crippen molar-refractivity contribution in [1.82, 2.24) is 10.3 Å². The van der Waals surface area contributed by atoms with Crippen molar-refractivity contribution in [2.45, 2.75) is 20.4 Å². The smallest absolute Gasteiger partial charge is 0.326 e. The molecular formula is C10H17N2O4P. The summed E-state index contributed by atoms with van der Waals surface area (Å²) in [6, 6.07) is 0. The topological polar surface area (TPSA) is 103 Å². The van der Waals surface area contributed by atoms with E-state index < -0.39 is 7.60 Å². The minimum Gasteiger partial charge on any atom is -0.506 e. The lowest BCUT2D eigenvalue weighted by Crippen LogP contribution is -2.18. The van der Waals surface area contributed by atoms with Crippen LogP contribution in [0.3, 0.4) is 0 Å². The second-order valence-corrected chi connectivity index (χ2v) is 5.68. The van der Waals surface area contributed by atoms with Crippen LogP contribution in [0.2, 0.25) is 0 Å². The minimum atomic E-state index is -3.94. The summed E-state index contributed by atoms with van der Waals surface area (Å²) in [4.78, 5) is 21.4. The molecule has 0 saturated heterocycles. The lowest BCUT2D eigenvalue weighted by atomic mass is 10.1. The summed E-state index contributed by atoms with van der Waals surface area (Å²) in [5, 5.41) is 12.6. The molecule has 0 aliphatic rings. The van der Waals surface area contributed by atoms with Crippen molar-refractivity contribution in [1.29, 1.82) is 0 Å². The lowest BCUT2D eigenvalue weighted by Gasteiger charge is -2.10. The van der Waals surface area contributed by atoms with Crippen LogP contribution in [-0.4, -0.2) is 32.6 Å². The van der Waals surface area contributed by atoms with Gasteiger partial charge < -0.3 is 20.2 Å². The molecule has 96 valence electrons. The van der Waals surface area contributed by atoms with Crippen LogP contribution in [0, 0.1) is 13.8 Å². The molecule has 0 aliphatic carbocycles. The van der Waals surface area contributed by atoms with Gasteiger partial charge in [-0.2, -0.15) is 0 Å². The molecule has 0 bridgehead atoms. The van der Waals surface area contributed by atoms with E-state index >= 15 is 0 Å². The molecule has 1 heterocycles. The molecule has 1 aromatic heterocycles. The second-order valence-electron chi connectivity index (χ2n) is 3.91. The summed E-state index contributed by atoms with van der Waals surface area (Å²) >= 11 is 0. The molecular weight excluding hydrogens is 243 g/mol. The molecule has 1 rings (SSSR count). The van der Waals surface area contributed by atoms with Crippen molar-refractivity contribution in [2.75, 3.05) is 12.7 Å². The molecule has 0 radical (unpaired) electrons. The highest BCUT2D eigenvalue weighted by Crippen LogP contribution is 2.32. The lowest BCUT2D eigenvalue weighted by molar-refractivity contribution is 0.371. The van der Waals surface area contributed by atoms with Crippen molar-refractivity contribution < 1.29 is 19.5 Å². The highest BCUT2D eigenvalue weighted by molar-refractivity contribution is 7.51. The van der Waals surface area contributed by atoms with Gasteiger partial charge in [-0.05, 0) is 25.0 Å². The quantitative estimate of drug-likeness (QED) is 0.458.